The van der Waals surface area contributed by atoms with Crippen molar-refractivity contribution in [1.82, 2.24) is 0 Å². The van der Waals surface area contributed by atoms with Crippen LogP contribution in [-0.2, 0) is 7.05 Å². The van der Waals surface area contributed by atoms with Crippen LogP contribution in [0.1, 0.15) is 11.1 Å². The minimum atomic E-state index is 0.902. The average Bonchev–Trinajstić information content (AvgIpc) is 3.36. The van der Waals surface area contributed by atoms with E-state index in [9.17, 15) is 0 Å². The van der Waals surface area contributed by atoms with Crippen molar-refractivity contribution < 1.29 is 8.98 Å². The summed E-state index contributed by atoms with van der Waals surface area (Å²) >= 11 is 0. The first-order chi connectivity index (χ1) is 19.6. The van der Waals surface area contributed by atoms with Crippen LogP contribution in [0, 0.1) is 13.8 Å². The number of benzene rings is 5. The number of furan rings is 1. The lowest BCUT2D eigenvalue weighted by molar-refractivity contribution is -0.659. The van der Waals surface area contributed by atoms with Crippen LogP contribution >= 0.6 is 0 Å². The summed E-state index contributed by atoms with van der Waals surface area (Å²) in [6.45, 7) is 4.46. The second kappa shape index (κ2) is 8.53. The summed E-state index contributed by atoms with van der Waals surface area (Å²) in [5, 5.41) is 3.69. The molecule has 0 atom stereocenters. The van der Waals surface area contributed by atoms with Gasteiger partial charge in [-0.25, -0.2) is 4.57 Å². The zero-order valence-corrected chi connectivity index (χ0v) is 22.8. The number of aromatic nitrogens is 1. The van der Waals surface area contributed by atoms with E-state index in [1.165, 1.54) is 61.0 Å². The normalized spacial score (nSPS) is 11.9. The number of rotatable bonds is 1. The van der Waals surface area contributed by atoms with Crippen molar-refractivity contribution in [3.05, 3.63) is 127 Å². The van der Waals surface area contributed by atoms with Gasteiger partial charge in [0.25, 0.3) is 0 Å². The maximum Gasteiger partial charge on any atom is 0.224 e. The average molecular weight is 515 g/mol. The fourth-order valence-electron chi connectivity index (χ4n) is 6.77. The van der Waals surface area contributed by atoms with E-state index in [2.05, 4.69) is 141 Å². The zero-order chi connectivity index (χ0) is 27.0. The molecular weight excluding hydrogens is 486 g/mol. The number of hydrogen-bond donors (Lipinski definition) is 0. The van der Waals surface area contributed by atoms with E-state index in [1.807, 2.05) is 0 Å². The molecule has 0 amide bonds. The lowest BCUT2D eigenvalue weighted by Crippen LogP contribution is -2.30. The first kappa shape index (κ1) is 23.0. The fraction of sp³-hybridized carbons (Fsp3) is 0.0789. The molecule has 190 valence electrons. The molecule has 0 saturated heterocycles. The lowest BCUT2D eigenvalue weighted by Gasteiger charge is -2.22. The van der Waals surface area contributed by atoms with Crippen molar-refractivity contribution in [2.24, 2.45) is 7.05 Å². The fourth-order valence-corrected chi connectivity index (χ4v) is 6.77. The topological polar surface area (TPSA) is 17.0 Å². The van der Waals surface area contributed by atoms with E-state index >= 15 is 0 Å². The number of nitrogens with zero attached hydrogens (tertiary/aromatic N) is 1. The first-order valence-electron chi connectivity index (χ1n) is 13.8. The van der Waals surface area contributed by atoms with Crippen molar-refractivity contribution in [3.8, 4) is 56.0 Å². The quantitative estimate of drug-likeness (QED) is 0.199. The Bertz CT molecular complexity index is 2150. The van der Waals surface area contributed by atoms with Gasteiger partial charge in [0, 0.05) is 17.2 Å². The van der Waals surface area contributed by atoms with Crippen molar-refractivity contribution in [2.45, 2.75) is 13.8 Å². The van der Waals surface area contributed by atoms with Crippen LogP contribution in [0.3, 0.4) is 0 Å². The van der Waals surface area contributed by atoms with Crippen LogP contribution in [0.2, 0.25) is 0 Å². The maximum absolute atomic E-state index is 6.90. The Morgan fingerprint density at radius 1 is 0.550 bits per heavy atom. The monoisotopic (exact) mass is 514 g/mol. The molecule has 40 heavy (non-hydrogen) atoms. The molecule has 0 bridgehead atoms. The predicted molar refractivity (Wildman–Crippen MR) is 165 cm³/mol. The van der Waals surface area contributed by atoms with Crippen molar-refractivity contribution in [3.63, 3.8) is 0 Å². The molecule has 0 N–H and O–H groups in total. The van der Waals surface area contributed by atoms with E-state index in [4.69, 9.17) is 4.42 Å². The molecule has 1 aliphatic carbocycles. The Hall–Kier alpha value is -4.95. The minimum Gasteiger partial charge on any atom is -0.455 e. The molecule has 0 unspecified atom stereocenters. The number of aryl methyl sites for hydroxylation is 3. The second-order valence-electron chi connectivity index (χ2n) is 10.9. The molecule has 1 aliphatic rings. The standard InChI is InChI=1S/C38H28NO/c1-23-11-10-18-32-34(23)30-16-8-6-14-28(30)29-15-7-9-17-31(29)38-35(32)36-33(40-38)21-22-39(3)37(36)27-20-19-25-12-4-5-13-26(25)24(27)2/h4-22H,1-3H3/q+1. The molecular formula is C38H28NO+. The van der Waals surface area contributed by atoms with E-state index in [-0.39, 0.29) is 0 Å². The van der Waals surface area contributed by atoms with Gasteiger partial charge in [0.2, 0.25) is 5.69 Å². The van der Waals surface area contributed by atoms with E-state index in [1.54, 1.807) is 0 Å². The minimum absolute atomic E-state index is 0.902. The number of pyridine rings is 1. The summed E-state index contributed by atoms with van der Waals surface area (Å²) < 4.78 is 9.15. The number of hydrogen-bond acceptors (Lipinski definition) is 1. The Kier molecular flexibility index (Phi) is 4.90. The largest absolute Gasteiger partial charge is 0.455 e. The molecule has 8 rings (SSSR count). The van der Waals surface area contributed by atoms with Gasteiger partial charge in [-0.1, -0.05) is 97.1 Å². The van der Waals surface area contributed by atoms with E-state index in [0.29, 0.717) is 0 Å². The van der Waals surface area contributed by atoms with Crippen molar-refractivity contribution >= 4 is 21.7 Å². The van der Waals surface area contributed by atoms with Crippen LogP contribution in [-0.4, -0.2) is 0 Å². The van der Waals surface area contributed by atoms with Gasteiger partial charge in [-0.2, -0.15) is 0 Å². The first-order valence-corrected chi connectivity index (χ1v) is 13.8. The second-order valence-corrected chi connectivity index (χ2v) is 10.9. The molecule has 0 aliphatic heterocycles. The molecule has 7 aromatic rings. The summed E-state index contributed by atoms with van der Waals surface area (Å²) in [5.74, 6) is 0.929. The zero-order valence-electron chi connectivity index (χ0n) is 22.8. The van der Waals surface area contributed by atoms with Crippen molar-refractivity contribution in [1.29, 1.82) is 0 Å². The van der Waals surface area contributed by atoms with E-state index < -0.39 is 0 Å². The van der Waals surface area contributed by atoms with Gasteiger partial charge in [-0.3, -0.25) is 0 Å². The van der Waals surface area contributed by atoms with Crippen LogP contribution in [0.15, 0.2) is 120 Å². The van der Waals surface area contributed by atoms with Crippen molar-refractivity contribution in [2.75, 3.05) is 0 Å². The molecule has 5 aromatic carbocycles. The van der Waals surface area contributed by atoms with Crippen LogP contribution in [0.4, 0.5) is 0 Å². The third-order valence-corrected chi connectivity index (χ3v) is 8.63. The summed E-state index contributed by atoms with van der Waals surface area (Å²) in [6.07, 6.45) is 2.13. The van der Waals surface area contributed by atoms with Crippen LogP contribution in [0.25, 0.3) is 77.7 Å². The Morgan fingerprint density at radius 2 is 1.23 bits per heavy atom. The molecule has 0 fully saturated rings. The van der Waals surface area contributed by atoms with Gasteiger partial charge in [-0.15, -0.1) is 0 Å². The number of fused-ring (bicyclic) bond motifs is 11. The van der Waals surface area contributed by atoms with Gasteiger partial charge >= 0.3 is 0 Å². The highest BCUT2D eigenvalue weighted by molar-refractivity contribution is 6.14. The molecule has 2 heterocycles. The summed E-state index contributed by atoms with van der Waals surface area (Å²) in [4.78, 5) is 0. The van der Waals surface area contributed by atoms with Gasteiger partial charge in [0.05, 0.1) is 5.56 Å². The molecule has 2 nitrogen and oxygen atoms in total. The third kappa shape index (κ3) is 3.14. The highest BCUT2D eigenvalue weighted by atomic mass is 16.3. The Labute approximate surface area is 233 Å². The highest BCUT2D eigenvalue weighted by Gasteiger charge is 2.32. The Morgan fingerprint density at radius 3 is 2.05 bits per heavy atom. The molecule has 0 radical (unpaired) electrons. The SMILES string of the molecule is Cc1cccc2c1-c1ccccc1-c1ccccc1-c1oc3cc[n+](C)c(-c4ccc5ccccc5c4C)c3c1-2. The molecule has 2 aromatic heterocycles. The highest BCUT2D eigenvalue weighted by Crippen LogP contribution is 2.53. The Balaban J connectivity index is 1.58. The van der Waals surface area contributed by atoms with E-state index in [0.717, 1.165) is 27.9 Å². The van der Waals surface area contributed by atoms with Gasteiger partial charge < -0.3 is 4.42 Å². The summed E-state index contributed by atoms with van der Waals surface area (Å²) in [6, 6.07) is 39.4. The van der Waals surface area contributed by atoms with Gasteiger partial charge in [-0.05, 0) is 69.6 Å². The van der Waals surface area contributed by atoms with Crippen LogP contribution in [0.5, 0.6) is 0 Å². The summed E-state index contributed by atoms with van der Waals surface area (Å²) in [7, 11) is 2.14. The maximum atomic E-state index is 6.90. The van der Waals surface area contributed by atoms with Crippen LogP contribution < -0.4 is 4.57 Å². The summed E-state index contributed by atoms with van der Waals surface area (Å²) in [5.41, 5.74) is 14.3. The molecule has 0 saturated carbocycles. The molecule has 2 heteroatoms. The van der Waals surface area contributed by atoms with Gasteiger partial charge in [0.15, 0.2) is 6.20 Å². The lowest BCUT2D eigenvalue weighted by atomic mass is 9.81. The smallest absolute Gasteiger partial charge is 0.224 e. The molecule has 0 spiro atoms. The predicted octanol–water partition coefficient (Wildman–Crippen LogP) is 9.68. The third-order valence-electron chi connectivity index (χ3n) is 8.63. The van der Waals surface area contributed by atoms with Gasteiger partial charge in [0.1, 0.15) is 23.8 Å².